The van der Waals surface area contributed by atoms with E-state index in [0.29, 0.717) is 18.3 Å². The van der Waals surface area contributed by atoms with E-state index in [0.717, 1.165) is 17.5 Å². The van der Waals surface area contributed by atoms with Crippen LogP contribution in [0.2, 0.25) is 0 Å². The molecule has 0 heterocycles. The molecular formula is C23H18O3. The number of aldehydes is 1. The van der Waals surface area contributed by atoms with E-state index in [1.54, 1.807) is 0 Å². The molecule has 2 N–H and O–H groups in total. The molecule has 0 radical (unpaired) electrons. The molecule has 128 valence electrons. The molecule has 0 aromatic heterocycles. The monoisotopic (exact) mass is 342 g/mol. The third-order valence-corrected chi connectivity index (χ3v) is 6.20. The van der Waals surface area contributed by atoms with Crippen molar-refractivity contribution in [1.29, 1.82) is 0 Å². The van der Waals surface area contributed by atoms with E-state index in [1.165, 1.54) is 22.3 Å². The summed E-state index contributed by atoms with van der Waals surface area (Å²) in [6, 6.07) is 16.7. The van der Waals surface area contributed by atoms with E-state index in [9.17, 15) is 15.0 Å². The molecule has 0 aliphatic heterocycles. The molecule has 0 amide bonds. The van der Waals surface area contributed by atoms with Crippen LogP contribution in [-0.4, -0.2) is 16.5 Å². The van der Waals surface area contributed by atoms with Crippen molar-refractivity contribution in [3.05, 3.63) is 81.9 Å². The molecule has 3 heteroatoms. The van der Waals surface area contributed by atoms with Gasteiger partial charge in [-0.25, -0.2) is 0 Å². The molecule has 5 rings (SSSR count). The Balaban J connectivity index is 1.97. The third kappa shape index (κ3) is 1.56. The zero-order valence-electron chi connectivity index (χ0n) is 14.4. The summed E-state index contributed by atoms with van der Waals surface area (Å²) in [5.74, 6) is -0.484. The van der Waals surface area contributed by atoms with Crippen molar-refractivity contribution >= 4 is 6.29 Å². The highest BCUT2D eigenvalue weighted by Crippen LogP contribution is 2.61. The van der Waals surface area contributed by atoms with Crippen LogP contribution in [0.4, 0.5) is 0 Å². The Kier molecular flexibility index (Phi) is 2.91. The Hall–Kier alpha value is -3.07. The van der Waals surface area contributed by atoms with Gasteiger partial charge in [-0.1, -0.05) is 48.5 Å². The van der Waals surface area contributed by atoms with Gasteiger partial charge in [0, 0.05) is 5.41 Å². The lowest BCUT2D eigenvalue weighted by molar-refractivity contribution is 0.111. The molecule has 0 atom stereocenters. The van der Waals surface area contributed by atoms with Gasteiger partial charge in [-0.05, 0) is 58.7 Å². The minimum Gasteiger partial charge on any atom is -0.504 e. The van der Waals surface area contributed by atoms with Gasteiger partial charge in [0.1, 0.15) is 0 Å². The van der Waals surface area contributed by atoms with Crippen LogP contribution in [0.25, 0.3) is 11.1 Å². The molecule has 3 aromatic carbocycles. The number of fused-ring (bicyclic) bond motifs is 7. The van der Waals surface area contributed by atoms with Gasteiger partial charge in [0.2, 0.25) is 0 Å². The summed E-state index contributed by atoms with van der Waals surface area (Å²) in [6.45, 7) is 1.83. The Morgan fingerprint density at radius 1 is 0.923 bits per heavy atom. The average Bonchev–Trinajstić information content (AvgIpc) is 3.20. The van der Waals surface area contributed by atoms with Gasteiger partial charge in [-0.3, -0.25) is 4.79 Å². The van der Waals surface area contributed by atoms with Crippen molar-refractivity contribution in [2.24, 2.45) is 0 Å². The van der Waals surface area contributed by atoms with E-state index < -0.39 is 0 Å². The highest BCUT2D eigenvalue weighted by Gasteiger charge is 2.50. The van der Waals surface area contributed by atoms with Gasteiger partial charge >= 0.3 is 0 Å². The van der Waals surface area contributed by atoms with Crippen LogP contribution in [0.5, 0.6) is 11.5 Å². The number of hydrogen-bond donors (Lipinski definition) is 2. The number of carbonyl (C=O) groups is 1. The minimum atomic E-state index is -0.379. The van der Waals surface area contributed by atoms with Gasteiger partial charge in [0.25, 0.3) is 0 Å². The number of rotatable bonds is 1. The maximum absolute atomic E-state index is 11.7. The molecule has 0 unspecified atom stereocenters. The lowest BCUT2D eigenvalue weighted by Crippen LogP contribution is -2.24. The lowest BCUT2D eigenvalue weighted by Gasteiger charge is -2.30. The normalized spacial score (nSPS) is 15.6. The summed E-state index contributed by atoms with van der Waals surface area (Å²) in [5.41, 5.74) is 7.18. The van der Waals surface area contributed by atoms with Crippen molar-refractivity contribution < 1.29 is 15.0 Å². The quantitative estimate of drug-likeness (QED) is 0.506. The summed E-state index contributed by atoms with van der Waals surface area (Å²) in [7, 11) is 0. The van der Waals surface area contributed by atoms with Crippen LogP contribution in [0.1, 0.15) is 44.6 Å². The molecule has 26 heavy (non-hydrogen) atoms. The summed E-state index contributed by atoms with van der Waals surface area (Å²) >= 11 is 0. The molecule has 2 aliphatic rings. The Bertz CT molecular complexity index is 1050. The van der Waals surface area contributed by atoms with E-state index in [-0.39, 0.29) is 22.5 Å². The standard InChI is InChI=1S/C23H18O3/c1-13-20-16(17(12-24)22(26)21(13)25)10-11-23(20)18-8-4-2-6-14(18)15-7-3-5-9-19(15)23/h2-9,12,25-26H,10-11H2,1H3. The molecule has 1 spiro atoms. The van der Waals surface area contributed by atoms with Gasteiger partial charge in [0.05, 0.1) is 5.56 Å². The summed E-state index contributed by atoms with van der Waals surface area (Å²) in [4.78, 5) is 11.7. The fraction of sp³-hybridized carbons (Fsp3) is 0.174. The highest BCUT2D eigenvalue weighted by atomic mass is 16.3. The fourth-order valence-electron chi connectivity index (χ4n) is 5.19. The molecular weight excluding hydrogens is 324 g/mol. The molecule has 0 saturated heterocycles. The smallest absolute Gasteiger partial charge is 0.168 e. The molecule has 0 fully saturated rings. The van der Waals surface area contributed by atoms with E-state index >= 15 is 0 Å². The van der Waals surface area contributed by atoms with E-state index in [2.05, 4.69) is 24.3 Å². The highest BCUT2D eigenvalue weighted by molar-refractivity contribution is 5.90. The Morgan fingerprint density at radius 2 is 1.50 bits per heavy atom. The average molecular weight is 342 g/mol. The van der Waals surface area contributed by atoms with Crippen LogP contribution in [0, 0.1) is 6.92 Å². The number of benzene rings is 3. The van der Waals surface area contributed by atoms with Crippen molar-refractivity contribution in [3.63, 3.8) is 0 Å². The fourth-order valence-corrected chi connectivity index (χ4v) is 5.19. The van der Waals surface area contributed by atoms with E-state index in [4.69, 9.17) is 0 Å². The van der Waals surface area contributed by atoms with E-state index in [1.807, 2.05) is 31.2 Å². The third-order valence-electron chi connectivity index (χ3n) is 6.20. The van der Waals surface area contributed by atoms with Crippen LogP contribution >= 0.6 is 0 Å². The van der Waals surface area contributed by atoms with Crippen molar-refractivity contribution in [2.75, 3.05) is 0 Å². The second-order valence-electron chi connectivity index (χ2n) is 7.20. The zero-order chi connectivity index (χ0) is 18.1. The Morgan fingerprint density at radius 3 is 2.08 bits per heavy atom. The zero-order valence-corrected chi connectivity index (χ0v) is 14.4. The van der Waals surface area contributed by atoms with Gasteiger partial charge in [-0.2, -0.15) is 0 Å². The largest absolute Gasteiger partial charge is 0.504 e. The molecule has 0 saturated carbocycles. The molecule has 3 aromatic rings. The van der Waals surface area contributed by atoms with Crippen molar-refractivity contribution in [1.82, 2.24) is 0 Å². The molecule has 2 aliphatic carbocycles. The van der Waals surface area contributed by atoms with Crippen LogP contribution in [0.3, 0.4) is 0 Å². The number of phenols is 2. The topological polar surface area (TPSA) is 57.5 Å². The van der Waals surface area contributed by atoms with Crippen LogP contribution < -0.4 is 0 Å². The van der Waals surface area contributed by atoms with Crippen LogP contribution in [-0.2, 0) is 11.8 Å². The molecule has 0 bridgehead atoms. The predicted molar refractivity (Wildman–Crippen MR) is 100.0 cm³/mol. The van der Waals surface area contributed by atoms with Crippen molar-refractivity contribution in [2.45, 2.75) is 25.2 Å². The first-order chi connectivity index (χ1) is 12.6. The van der Waals surface area contributed by atoms with Crippen molar-refractivity contribution in [3.8, 4) is 22.6 Å². The SMILES string of the molecule is Cc1c(O)c(O)c(C=O)c2c1C1(CC2)c2ccccc2-c2ccccc21. The number of hydrogen-bond acceptors (Lipinski definition) is 3. The number of carbonyl (C=O) groups excluding carboxylic acids is 1. The number of phenolic OH excluding ortho intramolecular Hbond substituents is 2. The maximum atomic E-state index is 11.7. The number of aromatic hydroxyl groups is 2. The predicted octanol–water partition coefficient (Wildman–Crippen LogP) is 4.48. The second kappa shape index (κ2) is 4.98. The van der Waals surface area contributed by atoms with Gasteiger partial charge in [0.15, 0.2) is 17.8 Å². The van der Waals surface area contributed by atoms with Crippen LogP contribution in [0.15, 0.2) is 48.5 Å². The summed E-state index contributed by atoms with van der Waals surface area (Å²) in [6.07, 6.45) is 2.18. The minimum absolute atomic E-state index is 0.186. The van der Waals surface area contributed by atoms with Gasteiger partial charge in [-0.15, -0.1) is 0 Å². The Labute approximate surface area is 151 Å². The first-order valence-electron chi connectivity index (χ1n) is 8.83. The second-order valence-corrected chi connectivity index (χ2v) is 7.20. The first kappa shape index (κ1) is 15.2. The van der Waals surface area contributed by atoms with Gasteiger partial charge < -0.3 is 10.2 Å². The molecule has 3 nitrogen and oxygen atoms in total. The lowest BCUT2D eigenvalue weighted by atomic mass is 9.71. The maximum Gasteiger partial charge on any atom is 0.168 e. The first-order valence-corrected chi connectivity index (χ1v) is 8.83. The summed E-state index contributed by atoms with van der Waals surface area (Å²) in [5, 5.41) is 20.8. The summed E-state index contributed by atoms with van der Waals surface area (Å²) < 4.78 is 0.